The molecule has 0 saturated carbocycles. The van der Waals surface area contributed by atoms with Crippen molar-refractivity contribution in [3.8, 4) is 0 Å². The highest BCUT2D eigenvalue weighted by Crippen LogP contribution is 2.27. The van der Waals surface area contributed by atoms with Crippen LogP contribution in [0.1, 0.15) is 43.5 Å². The molecule has 1 aliphatic rings. The first kappa shape index (κ1) is 16.1. The molecule has 0 aliphatic carbocycles. The Hall–Kier alpha value is -1.27. The second-order valence-corrected chi connectivity index (χ2v) is 5.76. The molecule has 0 atom stereocenters. The topological polar surface area (TPSA) is 64.3 Å². The summed E-state index contributed by atoms with van der Waals surface area (Å²) in [5, 5.41) is 8.81. The third kappa shape index (κ3) is 3.32. The van der Waals surface area contributed by atoms with E-state index < -0.39 is 0 Å². The van der Waals surface area contributed by atoms with Gasteiger partial charge in [-0.2, -0.15) is 5.10 Å². The molecule has 1 fully saturated rings. The summed E-state index contributed by atoms with van der Waals surface area (Å²) in [6.07, 6.45) is 4.03. The second-order valence-electron chi connectivity index (χ2n) is 5.32. The summed E-state index contributed by atoms with van der Waals surface area (Å²) in [7, 11) is 1.77. The van der Waals surface area contributed by atoms with Crippen LogP contribution in [0.4, 0.5) is 5.82 Å². The third-order valence-electron chi connectivity index (χ3n) is 4.15. The van der Waals surface area contributed by atoms with E-state index in [1.165, 1.54) is 0 Å². The zero-order chi connectivity index (χ0) is 15.4. The highest BCUT2D eigenvalue weighted by molar-refractivity contribution is 7.80. The molecule has 116 valence electrons. The fourth-order valence-electron chi connectivity index (χ4n) is 2.95. The van der Waals surface area contributed by atoms with E-state index in [0.29, 0.717) is 11.1 Å². The van der Waals surface area contributed by atoms with Crippen LogP contribution >= 0.6 is 12.2 Å². The summed E-state index contributed by atoms with van der Waals surface area (Å²) >= 11 is 5.28. The molecule has 2 N–H and O–H groups in total. The average molecular weight is 308 g/mol. The van der Waals surface area contributed by atoms with Crippen LogP contribution in [0, 0.1) is 0 Å². The Morgan fingerprint density at radius 1 is 1.29 bits per heavy atom. The molecule has 5 nitrogen and oxygen atoms in total. The van der Waals surface area contributed by atoms with Gasteiger partial charge in [-0.1, -0.05) is 26.1 Å². The SMILES string of the molecule is CCc1nnc(N2CCC(OC)CC2)c(C(N)=S)c1CC. The van der Waals surface area contributed by atoms with Crippen LogP contribution < -0.4 is 10.6 Å². The van der Waals surface area contributed by atoms with E-state index in [2.05, 4.69) is 28.9 Å². The first-order valence-electron chi connectivity index (χ1n) is 7.58. The molecule has 1 aromatic rings. The Balaban J connectivity index is 2.37. The molecule has 1 aliphatic heterocycles. The van der Waals surface area contributed by atoms with Crippen molar-refractivity contribution in [1.29, 1.82) is 0 Å². The van der Waals surface area contributed by atoms with Gasteiger partial charge >= 0.3 is 0 Å². The van der Waals surface area contributed by atoms with Crippen molar-refractivity contribution in [2.45, 2.75) is 45.6 Å². The second kappa shape index (κ2) is 7.13. The maximum atomic E-state index is 5.99. The van der Waals surface area contributed by atoms with Crippen LogP contribution in [-0.2, 0) is 17.6 Å². The number of piperidine rings is 1. The van der Waals surface area contributed by atoms with Gasteiger partial charge in [0, 0.05) is 20.2 Å². The van der Waals surface area contributed by atoms with E-state index in [4.69, 9.17) is 22.7 Å². The minimum atomic E-state index is 0.336. The van der Waals surface area contributed by atoms with Gasteiger partial charge in [0.1, 0.15) is 4.99 Å². The maximum Gasteiger partial charge on any atom is 0.161 e. The van der Waals surface area contributed by atoms with Gasteiger partial charge in [-0.25, -0.2) is 0 Å². The fourth-order valence-corrected chi connectivity index (χ4v) is 3.16. The van der Waals surface area contributed by atoms with Crippen LogP contribution in [0.15, 0.2) is 0 Å². The minimum Gasteiger partial charge on any atom is -0.389 e. The summed E-state index contributed by atoms with van der Waals surface area (Å²) in [6, 6.07) is 0. The Bertz CT molecular complexity index is 513. The summed E-state index contributed by atoms with van der Waals surface area (Å²) in [6.45, 7) is 5.99. The van der Waals surface area contributed by atoms with E-state index in [1.54, 1.807) is 7.11 Å². The molecular weight excluding hydrogens is 284 g/mol. The Kier molecular flexibility index (Phi) is 5.47. The van der Waals surface area contributed by atoms with Crippen molar-refractivity contribution in [2.24, 2.45) is 5.73 Å². The van der Waals surface area contributed by atoms with Crippen LogP contribution in [-0.4, -0.2) is 41.5 Å². The Morgan fingerprint density at radius 3 is 2.43 bits per heavy atom. The lowest BCUT2D eigenvalue weighted by Crippen LogP contribution is -2.38. The van der Waals surface area contributed by atoms with E-state index in [0.717, 1.165) is 61.4 Å². The lowest BCUT2D eigenvalue weighted by Gasteiger charge is -2.33. The number of nitrogens with zero attached hydrogens (tertiary/aromatic N) is 3. The zero-order valence-electron chi connectivity index (χ0n) is 13.1. The predicted octanol–water partition coefficient (Wildman–Crippen LogP) is 1.85. The summed E-state index contributed by atoms with van der Waals surface area (Å²) in [4.78, 5) is 2.65. The standard InChI is InChI=1S/C15H24N4OS/c1-4-11-12(5-2)17-18-15(13(11)14(16)21)19-8-6-10(20-3)7-9-19/h10H,4-9H2,1-3H3,(H2,16,21). The van der Waals surface area contributed by atoms with Crippen molar-refractivity contribution in [2.75, 3.05) is 25.1 Å². The summed E-state index contributed by atoms with van der Waals surface area (Å²) in [5.74, 6) is 0.839. The molecule has 0 aromatic carbocycles. The van der Waals surface area contributed by atoms with Crippen LogP contribution in [0.2, 0.25) is 0 Å². The molecule has 1 aromatic heterocycles. The lowest BCUT2D eigenvalue weighted by molar-refractivity contribution is 0.0817. The highest BCUT2D eigenvalue weighted by atomic mass is 32.1. The van der Waals surface area contributed by atoms with Gasteiger partial charge < -0.3 is 15.4 Å². The Morgan fingerprint density at radius 2 is 1.95 bits per heavy atom. The average Bonchev–Trinajstić information content (AvgIpc) is 2.53. The monoisotopic (exact) mass is 308 g/mol. The summed E-state index contributed by atoms with van der Waals surface area (Å²) < 4.78 is 5.42. The molecule has 21 heavy (non-hydrogen) atoms. The quantitative estimate of drug-likeness (QED) is 0.838. The molecule has 0 unspecified atom stereocenters. The zero-order valence-corrected chi connectivity index (χ0v) is 13.9. The smallest absolute Gasteiger partial charge is 0.161 e. The number of nitrogens with two attached hydrogens (primary N) is 1. The van der Waals surface area contributed by atoms with Crippen LogP contribution in [0.25, 0.3) is 0 Å². The van der Waals surface area contributed by atoms with Crippen molar-refractivity contribution in [1.82, 2.24) is 10.2 Å². The van der Waals surface area contributed by atoms with Crippen molar-refractivity contribution in [3.05, 3.63) is 16.8 Å². The predicted molar refractivity (Wildman–Crippen MR) is 88.9 cm³/mol. The van der Waals surface area contributed by atoms with Crippen molar-refractivity contribution in [3.63, 3.8) is 0 Å². The number of hydrogen-bond acceptors (Lipinski definition) is 5. The lowest BCUT2D eigenvalue weighted by atomic mass is 10.0. The van der Waals surface area contributed by atoms with E-state index in [1.807, 2.05) is 0 Å². The van der Waals surface area contributed by atoms with E-state index >= 15 is 0 Å². The molecule has 1 saturated heterocycles. The molecule has 0 bridgehead atoms. The number of ether oxygens (including phenoxy) is 1. The van der Waals surface area contributed by atoms with Crippen molar-refractivity contribution >= 4 is 23.0 Å². The number of rotatable bonds is 5. The number of aromatic nitrogens is 2. The van der Waals surface area contributed by atoms with Gasteiger partial charge in [0.2, 0.25) is 0 Å². The number of hydrogen-bond donors (Lipinski definition) is 1. The number of aryl methyl sites for hydroxylation is 1. The highest BCUT2D eigenvalue weighted by Gasteiger charge is 2.25. The van der Waals surface area contributed by atoms with E-state index in [9.17, 15) is 0 Å². The van der Waals surface area contributed by atoms with Crippen molar-refractivity contribution < 1.29 is 4.74 Å². The van der Waals surface area contributed by atoms with Gasteiger partial charge in [0.25, 0.3) is 0 Å². The number of thiocarbonyl (C=S) groups is 1. The van der Waals surface area contributed by atoms with Gasteiger partial charge in [-0.3, -0.25) is 0 Å². The third-order valence-corrected chi connectivity index (χ3v) is 4.35. The summed E-state index contributed by atoms with van der Waals surface area (Å²) in [5.41, 5.74) is 9.04. The molecule has 0 amide bonds. The van der Waals surface area contributed by atoms with Crippen LogP contribution in [0.5, 0.6) is 0 Å². The molecular formula is C15H24N4OS. The van der Waals surface area contributed by atoms with Gasteiger partial charge in [0.05, 0.1) is 17.4 Å². The molecule has 2 heterocycles. The van der Waals surface area contributed by atoms with E-state index in [-0.39, 0.29) is 0 Å². The first-order valence-corrected chi connectivity index (χ1v) is 7.99. The van der Waals surface area contributed by atoms with Gasteiger partial charge in [-0.05, 0) is 31.2 Å². The molecule has 0 spiro atoms. The largest absolute Gasteiger partial charge is 0.389 e. The fraction of sp³-hybridized carbons (Fsp3) is 0.667. The first-order chi connectivity index (χ1) is 10.1. The number of methoxy groups -OCH3 is 1. The molecule has 0 radical (unpaired) electrons. The molecule has 6 heteroatoms. The normalized spacial score (nSPS) is 16.2. The maximum absolute atomic E-state index is 5.99. The molecule has 2 rings (SSSR count). The number of anilines is 1. The minimum absolute atomic E-state index is 0.336. The Labute approximate surface area is 131 Å². The van der Waals surface area contributed by atoms with Gasteiger partial charge in [0.15, 0.2) is 5.82 Å². The van der Waals surface area contributed by atoms with Gasteiger partial charge in [-0.15, -0.1) is 5.10 Å². The van der Waals surface area contributed by atoms with Crippen LogP contribution in [0.3, 0.4) is 0 Å².